The van der Waals surface area contributed by atoms with Crippen molar-refractivity contribution in [1.29, 1.82) is 0 Å². The highest BCUT2D eigenvalue weighted by molar-refractivity contribution is 6.33. The van der Waals surface area contributed by atoms with Crippen LogP contribution >= 0.6 is 11.6 Å². The summed E-state index contributed by atoms with van der Waals surface area (Å²) in [4.78, 5) is 19.9. The number of aromatic nitrogens is 3. The van der Waals surface area contributed by atoms with Gasteiger partial charge in [0.2, 0.25) is 11.8 Å². The van der Waals surface area contributed by atoms with Gasteiger partial charge in [0, 0.05) is 30.9 Å². The minimum atomic E-state index is -0.102. The second-order valence-electron chi connectivity index (χ2n) is 7.02. The summed E-state index contributed by atoms with van der Waals surface area (Å²) < 4.78 is 11.0. The molecule has 9 heteroatoms. The van der Waals surface area contributed by atoms with E-state index in [-0.39, 0.29) is 5.54 Å². The van der Waals surface area contributed by atoms with Crippen molar-refractivity contribution in [1.82, 2.24) is 15.0 Å². The first-order valence-corrected chi connectivity index (χ1v) is 9.15. The molecule has 0 bridgehead atoms. The number of anilines is 1. The standard InChI is InChI=1S/C18H21ClN6O2/c1-18(20)4-7-25(8-5-18)13-10-22-15-11(24-13)9-23-17(15)27-12-3-6-21-16(26-2)14(12)19/h3,6,10H,4-5,7-9,20H2,1-2H3. The Kier molecular flexibility index (Phi) is 4.61. The van der Waals surface area contributed by atoms with E-state index in [1.165, 1.54) is 7.11 Å². The van der Waals surface area contributed by atoms with E-state index in [2.05, 4.69) is 26.8 Å². The predicted molar refractivity (Wildman–Crippen MR) is 103 cm³/mol. The van der Waals surface area contributed by atoms with Gasteiger partial charge in [-0.05, 0) is 19.8 Å². The number of piperidine rings is 1. The van der Waals surface area contributed by atoms with E-state index >= 15 is 0 Å². The van der Waals surface area contributed by atoms with Gasteiger partial charge < -0.3 is 20.1 Å². The zero-order chi connectivity index (χ0) is 19.0. The fourth-order valence-electron chi connectivity index (χ4n) is 3.14. The van der Waals surface area contributed by atoms with Crippen LogP contribution in [-0.4, -0.2) is 46.6 Å². The van der Waals surface area contributed by atoms with Crippen LogP contribution < -0.4 is 20.1 Å². The van der Waals surface area contributed by atoms with Gasteiger partial charge in [-0.1, -0.05) is 11.6 Å². The van der Waals surface area contributed by atoms with Gasteiger partial charge in [-0.25, -0.2) is 19.9 Å². The molecule has 2 aliphatic heterocycles. The summed E-state index contributed by atoms with van der Waals surface area (Å²) in [7, 11) is 1.50. The zero-order valence-corrected chi connectivity index (χ0v) is 16.0. The van der Waals surface area contributed by atoms with Crippen LogP contribution in [0.25, 0.3) is 0 Å². The van der Waals surface area contributed by atoms with Crippen LogP contribution in [0.2, 0.25) is 5.02 Å². The molecule has 1 fully saturated rings. The van der Waals surface area contributed by atoms with Gasteiger partial charge in [-0.15, -0.1) is 0 Å². The predicted octanol–water partition coefficient (Wildman–Crippen LogP) is 2.19. The Balaban J connectivity index is 1.52. The highest BCUT2D eigenvalue weighted by Crippen LogP contribution is 2.33. The summed E-state index contributed by atoms with van der Waals surface area (Å²) in [6.07, 6.45) is 5.18. The van der Waals surface area contributed by atoms with Crippen LogP contribution in [-0.2, 0) is 6.54 Å². The van der Waals surface area contributed by atoms with Crippen molar-refractivity contribution in [3.05, 3.63) is 34.9 Å². The highest BCUT2D eigenvalue weighted by atomic mass is 35.5. The Morgan fingerprint density at radius 2 is 2.04 bits per heavy atom. The number of nitrogens with two attached hydrogens (primary N) is 1. The van der Waals surface area contributed by atoms with Crippen molar-refractivity contribution < 1.29 is 9.47 Å². The van der Waals surface area contributed by atoms with Crippen molar-refractivity contribution in [3.8, 4) is 11.6 Å². The van der Waals surface area contributed by atoms with Crippen LogP contribution in [0.15, 0.2) is 23.5 Å². The van der Waals surface area contributed by atoms with Crippen molar-refractivity contribution >= 4 is 23.3 Å². The van der Waals surface area contributed by atoms with E-state index in [0.717, 1.165) is 37.4 Å². The topological polar surface area (TPSA) is 98.8 Å². The van der Waals surface area contributed by atoms with E-state index in [0.29, 0.717) is 34.8 Å². The maximum absolute atomic E-state index is 6.24. The molecule has 0 unspecified atom stereocenters. The van der Waals surface area contributed by atoms with Crippen LogP contribution in [0, 0.1) is 0 Å². The molecule has 2 aromatic rings. The molecule has 0 spiro atoms. The Bertz CT molecular complexity index is 891. The van der Waals surface area contributed by atoms with Gasteiger partial charge >= 0.3 is 0 Å². The van der Waals surface area contributed by atoms with Gasteiger partial charge in [-0.3, -0.25) is 0 Å². The summed E-state index contributed by atoms with van der Waals surface area (Å²) in [6.45, 7) is 4.26. The van der Waals surface area contributed by atoms with Crippen molar-refractivity contribution in [2.45, 2.75) is 31.8 Å². The van der Waals surface area contributed by atoms with Crippen molar-refractivity contribution in [3.63, 3.8) is 0 Å². The number of fused-ring (bicyclic) bond motifs is 1. The van der Waals surface area contributed by atoms with Gasteiger partial charge in [0.05, 0.1) is 25.5 Å². The number of methoxy groups -OCH3 is 1. The van der Waals surface area contributed by atoms with E-state index < -0.39 is 0 Å². The third kappa shape index (κ3) is 3.54. The van der Waals surface area contributed by atoms with Crippen LogP contribution in [0.3, 0.4) is 0 Å². The fourth-order valence-corrected chi connectivity index (χ4v) is 3.37. The average Bonchev–Trinajstić information content (AvgIpc) is 3.05. The Labute approximate surface area is 162 Å². The third-order valence-electron chi connectivity index (χ3n) is 4.86. The molecule has 0 atom stereocenters. The summed E-state index contributed by atoms with van der Waals surface area (Å²) >= 11 is 6.24. The highest BCUT2D eigenvalue weighted by Gasteiger charge is 2.28. The first-order valence-electron chi connectivity index (χ1n) is 8.78. The van der Waals surface area contributed by atoms with Crippen molar-refractivity contribution in [2.24, 2.45) is 10.7 Å². The lowest BCUT2D eigenvalue weighted by atomic mass is 9.91. The molecule has 2 aliphatic rings. The third-order valence-corrected chi connectivity index (χ3v) is 5.21. The Morgan fingerprint density at radius 1 is 1.26 bits per heavy atom. The van der Waals surface area contributed by atoms with E-state index in [4.69, 9.17) is 31.8 Å². The van der Waals surface area contributed by atoms with E-state index in [1.54, 1.807) is 18.5 Å². The van der Waals surface area contributed by atoms with Gasteiger partial charge in [0.15, 0.2) is 5.75 Å². The number of hydrogen-bond acceptors (Lipinski definition) is 8. The number of pyridine rings is 1. The number of ether oxygens (including phenoxy) is 2. The monoisotopic (exact) mass is 388 g/mol. The SMILES string of the molecule is COc1nccc(OC2=NCc3nc(N4CCC(C)(N)CC4)cnc32)c1Cl. The quantitative estimate of drug-likeness (QED) is 0.860. The van der Waals surface area contributed by atoms with Gasteiger partial charge in [0.1, 0.15) is 16.5 Å². The summed E-state index contributed by atoms with van der Waals surface area (Å²) in [5.41, 5.74) is 7.53. The smallest absolute Gasteiger partial charge is 0.243 e. The first kappa shape index (κ1) is 17.9. The van der Waals surface area contributed by atoms with E-state index in [9.17, 15) is 0 Å². The molecule has 0 saturated carbocycles. The molecule has 8 nitrogen and oxygen atoms in total. The maximum atomic E-state index is 6.24. The molecule has 2 N–H and O–H groups in total. The summed E-state index contributed by atoms with van der Waals surface area (Å²) in [6, 6.07) is 1.66. The molecule has 0 aliphatic carbocycles. The number of hydrogen-bond donors (Lipinski definition) is 1. The molecular weight excluding hydrogens is 368 g/mol. The second kappa shape index (κ2) is 6.94. The molecule has 0 aromatic carbocycles. The molecule has 4 rings (SSSR count). The average molecular weight is 389 g/mol. The lowest BCUT2D eigenvalue weighted by molar-refractivity contribution is 0.363. The number of nitrogens with zero attached hydrogens (tertiary/aromatic N) is 5. The van der Waals surface area contributed by atoms with Crippen LogP contribution in [0.1, 0.15) is 31.2 Å². The molecule has 27 heavy (non-hydrogen) atoms. The number of rotatable bonds is 3. The minimum Gasteiger partial charge on any atom is -0.480 e. The van der Waals surface area contributed by atoms with Crippen LogP contribution in [0.5, 0.6) is 11.6 Å². The second-order valence-corrected chi connectivity index (χ2v) is 7.40. The molecule has 1 saturated heterocycles. The number of aliphatic imine (C=N–C) groups is 1. The Hall–Kier alpha value is -2.45. The zero-order valence-electron chi connectivity index (χ0n) is 15.3. The Morgan fingerprint density at radius 3 is 2.78 bits per heavy atom. The molecule has 2 aromatic heterocycles. The molecule has 0 amide bonds. The normalized spacial score (nSPS) is 18.1. The fraction of sp³-hybridized carbons (Fsp3) is 0.444. The largest absolute Gasteiger partial charge is 0.480 e. The molecule has 0 radical (unpaired) electrons. The van der Waals surface area contributed by atoms with E-state index in [1.807, 2.05) is 0 Å². The minimum absolute atomic E-state index is 0.102. The molecular formula is C18H21ClN6O2. The van der Waals surface area contributed by atoms with Gasteiger partial charge in [0.25, 0.3) is 0 Å². The molecule has 4 heterocycles. The number of halogens is 1. The summed E-state index contributed by atoms with van der Waals surface area (Å²) in [5.74, 6) is 1.96. The van der Waals surface area contributed by atoms with Crippen LogP contribution in [0.4, 0.5) is 5.82 Å². The summed E-state index contributed by atoms with van der Waals surface area (Å²) in [5, 5.41) is 0.291. The van der Waals surface area contributed by atoms with Crippen molar-refractivity contribution in [2.75, 3.05) is 25.1 Å². The van der Waals surface area contributed by atoms with Gasteiger partial charge in [-0.2, -0.15) is 0 Å². The molecule has 142 valence electrons. The lowest BCUT2D eigenvalue weighted by Crippen LogP contribution is -2.48. The maximum Gasteiger partial charge on any atom is 0.243 e. The lowest BCUT2D eigenvalue weighted by Gasteiger charge is -2.37. The first-order chi connectivity index (χ1) is 13.0.